The van der Waals surface area contributed by atoms with Gasteiger partial charge in [-0.2, -0.15) is 0 Å². The van der Waals surface area contributed by atoms with E-state index in [4.69, 9.17) is 0 Å². The second-order valence-corrected chi connectivity index (χ2v) is 8.51. The van der Waals surface area contributed by atoms with Crippen LogP contribution in [0.15, 0.2) is 102 Å². The van der Waals surface area contributed by atoms with Crippen molar-refractivity contribution in [2.45, 2.75) is 39.0 Å². The fourth-order valence-corrected chi connectivity index (χ4v) is 4.29. The minimum atomic E-state index is 0.425. The van der Waals surface area contributed by atoms with Gasteiger partial charge in [0.2, 0.25) is 0 Å². The average molecular weight is 415 g/mol. The maximum Gasteiger partial charge on any atom is 0.00721 e. The molecule has 0 saturated heterocycles. The van der Waals surface area contributed by atoms with Gasteiger partial charge in [0.1, 0.15) is 0 Å². The quantitative estimate of drug-likeness (QED) is 0.261. The van der Waals surface area contributed by atoms with Gasteiger partial charge < -0.3 is 0 Å². The molecule has 0 bridgehead atoms. The summed E-state index contributed by atoms with van der Waals surface area (Å²) in [6, 6.07) is 28.0. The van der Waals surface area contributed by atoms with Crippen LogP contribution in [0.5, 0.6) is 0 Å². The van der Waals surface area contributed by atoms with Crippen LogP contribution in [-0.4, -0.2) is 5.75 Å². The highest BCUT2D eigenvalue weighted by molar-refractivity contribution is 7.99. The van der Waals surface area contributed by atoms with Crippen LogP contribution >= 0.6 is 11.8 Å². The molecule has 3 aromatic carbocycles. The predicted octanol–water partition coefficient (Wildman–Crippen LogP) is 9.08. The molecule has 0 heterocycles. The van der Waals surface area contributed by atoms with E-state index in [1.807, 2.05) is 25.6 Å². The van der Waals surface area contributed by atoms with E-state index in [0.29, 0.717) is 5.92 Å². The minimum absolute atomic E-state index is 0.425. The van der Waals surface area contributed by atoms with E-state index in [-0.39, 0.29) is 0 Å². The molecule has 0 nitrogen and oxygen atoms in total. The maximum absolute atomic E-state index is 4.37. The Bertz CT molecular complexity index is 918. The molecule has 156 valence electrons. The molecule has 0 aromatic heterocycles. The van der Waals surface area contributed by atoms with Crippen LogP contribution in [0.3, 0.4) is 0 Å². The third-order valence-corrected chi connectivity index (χ3v) is 6.24. The Morgan fingerprint density at radius 3 is 1.87 bits per heavy atom. The number of allylic oxidation sites excluding steroid dienone is 2. The molecule has 3 rings (SSSR count). The van der Waals surface area contributed by atoms with Gasteiger partial charge in [0.15, 0.2) is 0 Å². The van der Waals surface area contributed by atoms with Crippen LogP contribution in [0, 0.1) is 12.8 Å². The number of aryl methyl sites for hydroxylation is 1. The van der Waals surface area contributed by atoms with E-state index in [2.05, 4.69) is 106 Å². The Hall–Kier alpha value is -2.51. The highest BCUT2D eigenvalue weighted by atomic mass is 32.2. The summed E-state index contributed by atoms with van der Waals surface area (Å²) in [6.45, 7) is 16.8. The van der Waals surface area contributed by atoms with Crippen LogP contribution in [0.4, 0.5) is 0 Å². The van der Waals surface area contributed by atoms with Crippen molar-refractivity contribution in [3.63, 3.8) is 0 Å². The first-order valence-electron chi connectivity index (χ1n) is 10.7. The zero-order valence-corrected chi connectivity index (χ0v) is 19.6. The highest BCUT2D eigenvalue weighted by Crippen LogP contribution is 2.31. The van der Waals surface area contributed by atoms with E-state index >= 15 is 0 Å². The summed E-state index contributed by atoms with van der Waals surface area (Å²) in [6.07, 6.45) is 0.943. The second kappa shape index (κ2) is 12.2. The smallest absolute Gasteiger partial charge is 0.00721 e. The van der Waals surface area contributed by atoms with Crippen molar-refractivity contribution in [2.75, 3.05) is 5.75 Å². The Balaban J connectivity index is 0.00000155. The fourth-order valence-electron chi connectivity index (χ4n) is 3.15. The summed E-state index contributed by atoms with van der Waals surface area (Å²) < 4.78 is 0. The van der Waals surface area contributed by atoms with Gasteiger partial charge in [-0.15, -0.1) is 11.8 Å². The van der Waals surface area contributed by atoms with Crippen molar-refractivity contribution in [1.82, 2.24) is 0 Å². The molecule has 0 N–H and O–H groups in total. The molecule has 0 fully saturated rings. The van der Waals surface area contributed by atoms with Crippen molar-refractivity contribution >= 4 is 17.3 Å². The molecular formula is C29H34S. The first-order valence-corrected chi connectivity index (χ1v) is 11.7. The SMILES string of the molecule is C=C(CC(CSc1ccccc1)C(=C)C)c1ccc(-c2ccc(C)cc2)cc1.CC. The molecule has 0 aliphatic heterocycles. The van der Waals surface area contributed by atoms with Crippen molar-refractivity contribution < 1.29 is 0 Å². The molecule has 1 atom stereocenters. The molecule has 0 aliphatic rings. The van der Waals surface area contributed by atoms with Crippen molar-refractivity contribution in [1.29, 1.82) is 0 Å². The van der Waals surface area contributed by atoms with Gasteiger partial charge in [-0.1, -0.05) is 105 Å². The van der Waals surface area contributed by atoms with Crippen LogP contribution in [0.25, 0.3) is 16.7 Å². The molecule has 0 aliphatic carbocycles. The minimum Gasteiger partial charge on any atom is -0.126 e. The molecule has 0 amide bonds. The summed E-state index contributed by atoms with van der Waals surface area (Å²) >= 11 is 1.89. The number of hydrogen-bond donors (Lipinski definition) is 0. The van der Waals surface area contributed by atoms with Gasteiger partial charge >= 0.3 is 0 Å². The molecule has 0 spiro atoms. The van der Waals surface area contributed by atoms with Crippen LogP contribution in [0.1, 0.15) is 38.3 Å². The van der Waals surface area contributed by atoms with Gasteiger partial charge in [-0.25, -0.2) is 0 Å². The Labute approximate surface area is 187 Å². The lowest BCUT2D eigenvalue weighted by Crippen LogP contribution is -2.06. The molecule has 3 aromatic rings. The molecule has 0 radical (unpaired) electrons. The Morgan fingerprint density at radius 2 is 1.33 bits per heavy atom. The highest BCUT2D eigenvalue weighted by Gasteiger charge is 2.13. The lowest BCUT2D eigenvalue weighted by atomic mass is 9.91. The molecule has 1 unspecified atom stereocenters. The maximum atomic E-state index is 4.37. The molecule has 0 saturated carbocycles. The molecular weight excluding hydrogens is 380 g/mol. The Kier molecular flexibility index (Phi) is 9.70. The van der Waals surface area contributed by atoms with Gasteiger partial charge in [0.05, 0.1) is 0 Å². The lowest BCUT2D eigenvalue weighted by Gasteiger charge is -2.18. The van der Waals surface area contributed by atoms with E-state index < -0.39 is 0 Å². The number of hydrogen-bond acceptors (Lipinski definition) is 1. The second-order valence-electron chi connectivity index (χ2n) is 7.42. The fraction of sp³-hybridized carbons (Fsp3) is 0.241. The van der Waals surface area contributed by atoms with E-state index in [1.165, 1.54) is 38.3 Å². The molecule has 1 heteroatoms. The van der Waals surface area contributed by atoms with Crippen molar-refractivity contribution in [2.24, 2.45) is 5.92 Å². The first-order chi connectivity index (χ1) is 14.5. The Morgan fingerprint density at radius 1 is 0.800 bits per heavy atom. The van der Waals surface area contributed by atoms with Crippen molar-refractivity contribution in [3.05, 3.63) is 109 Å². The zero-order valence-electron chi connectivity index (χ0n) is 18.8. The van der Waals surface area contributed by atoms with Gasteiger partial charge in [-0.3, -0.25) is 0 Å². The van der Waals surface area contributed by atoms with E-state index in [0.717, 1.165) is 12.2 Å². The van der Waals surface area contributed by atoms with E-state index in [1.54, 1.807) is 0 Å². The number of benzene rings is 3. The third kappa shape index (κ3) is 7.07. The van der Waals surface area contributed by atoms with Crippen LogP contribution in [-0.2, 0) is 0 Å². The van der Waals surface area contributed by atoms with Crippen LogP contribution < -0.4 is 0 Å². The predicted molar refractivity (Wildman–Crippen MR) is 137 cm³/mol. The third-order valence-electron chi connectivity index (χ3n) is 5.06. The number of thioether (sulfide) groups is 1. The first kappa shape index (κ1) is 23.8. The van der Waals surface area contributed by atoms with Crippen LogP contribution in [0.2, 0.25) is 0 Å². The van der Waals surface area contributed by atoms with E-state index in [9.17, 15) is 0 Å². The monoisotopic (exact) mass is 414 g/mol. The standard InChI is InChI=1S/C27H28S.C2H6/c1-20(2)26(19-28-27-8-6-5-7-9-27)18-22(4)23-14-16-25(17-15-23)24-12-10-21(3)11-13-24;1-2/h5-17,26H,1,4,18-19H2,2-3H3;1-2H3. The lowest BCUT2D eigenvalue weighted by molar-refractivity contribution is 0.721. The zero-order chi connectivity index (χ0) is 21.9. The summed E-state index contributed by atoms with van der Waals surface area (Å²) in [5.41, 5.74) is 7.40. The number of rotatable bonds is 8. The summed E-state index contributed by atoms with van der Waals surface area (Å²) in [5, 5.41) is 0. The van der Waals surface area contributed by atoms with Gasteiger partial charge in [0, 0.05) is 10.6 Å². The topological polar surface area (TPSA) is 0 Å². The summed E-state index contributed by atoms with van der Waals surface area (Å²) in [5.74, 6) is 1.45. The largest absolute Gasteiger partial charge is 0.126 e. The van der Waals surface area contributed by atoms with Gasteiger partial charge in [-0.05, 0) is 60.6 Å². The summed E-state index contributed by atoms with van der Waals surface area (Å²) in [4.78, 5) is 1.31. The molecule has 30 heavy (non-hydrogen) atoms. The van der Waals surface area contributed by atoms with Gasteiger partial charge in [0.25, 0.3) is 0 Å². The van der Waals surface area contributed by atoms with Crippen molar-refractivity contribution in [3.8, 4) is 11.1 Å². The summed E-state index contributed by atoms with van der Waals surface area (Å²) in [7, 11) is 0. The average Bonchev–Trinajstić information content (AvgIpc) is 2.79. The normalized spacial score (nSPS) is 11.2.